The van der Waals surface area contributed by atoms with E-state index in [-0.39, 0.29) is 12.0 Å². The second kappa shape index (κ2) is 3.86. The Balaban J connectivity index is 1.79. The minimum atomic E-state index is 0.113. The van der Waals surface area contributed by atoms with Gasteiger partial charge in [0.2, 0.25) is 5.91 Å². The summed E-state index contributed by atoms with van der Waals surface area (Å²) in [6.07, 6.45) is 3.30. The Labute approximate surface area is 99.2 Å². The van der Waals surface area contributed by atoms with Gasteiger partial charge in [-0.15, -0.1) is 11.3 Å². The van der Waals surface area contributed by atoms with Crippen LogP contribution in [0, 0.1) is 0 Å². The fourth-order valence-corrected chi connectivity index (χ4v) is 3.64. The van der Waals surface area contributed by atoms with Gasteiger partial charge in [-0.2, -0.15) is 0 Å². The van der Waals surface area contributed by atoms with Crippen molar-refractivity contribution >= 4 is 17.2 Å². The summed E-state index contributed by atoms with van der Waals surface area (Å²) in [4.78, 5) is 15.6. The fraction of sp³-hybridized carbons (Fsp3) is 0.583. The summed E-state index contributed by atoms with van der Waals surface area (Å²) in [5, 5.41) is 2.11. The normalized spacial score (nSPS) is 25.1. The predicted molar refractivity (Wildman–Crippen MR) is 64.6 cm³/mol. The van der Waals surface area contributed by atoms with Gasteiger partial charge in [0.25, 0.3) is 0 Å². The molecule has 1 saturated heterocycles. The lowest BCUT2D eigenvalue weighted by molar-refractivity contribution is -0.137. The molecule has 1 aliphatic carbocycles. The summed E-state index contributed by atoms with van der Waals surface area (Å²) in [6.45, 7) is 1.49. The molecule has 2 aliphatic rings. The average Bonchev–Trinajstić information content (AvgIpc) is 2.71. The van der Waals surface area contributed by atoms with E-state index in [1.54, 1.807) is 11.3 Å². The summed E-state index contributed by atoms with van der Waals surface area (Å²) >= 11 is 1.79. The number of fused-ring (bicyclic) bond motifs is 1. The second-order valence-electron chi connectivity index (χ2n) is 4.75. The third-order valence-electron chi connectivity index (χ3n) is 3.57. The van der Waals surface area contributed by atoms with Crippen molar-refractivity contribution in [2.24, 2.45) is 5.73 Å². The molecule has 0 radical (unpaired) electrons. The first kappa shape index (κ1) is 10.3. The van der Waals surface area contributed by atoms with Gasteiger partial charge < -0.3 is 10.6 Å². The molecule has 3 rings (SSSR count). The van der Waals surface area contributed by atoms with Gasteiger partial charge in [-0.3, -0.25) is 4.79 Å². The molecule has 2 N–H and O–H groups in total. The van der Waals surface area contributed by atoms with E-state index in [0.717, 1.165) is 32.4 Å². The topological polar surface area (TPSA) is 46.3 Å². The Hall–Kier alpha value is -0.870. The molecule has 4 heteroatoms. The Kier molecular flexibility index (Phi) is 2.48. The van der Waals surface area contributed by atoms with Crippen molar-refractivity contribution in [2.45, 2.75) is 31.2 Å². The molecule has 2 heterocycles. The summed E-state index contributed by atoms with van der Waals surface area (Å²) in [6, 6.07) is 2.33. The van der Waals surface area contributed by atoms with Gasteiger partial charge in [-0.05, 0) is 36.3 Å². The van der Waals surface area contributed by atoms with Gasteiger partial charge in [0.1, 0.15) is 0 Å². The zero-order chi connectivity index (χ0) is 11.1. The van der Waals surface area contributed by atoms with Crippen molar-refractivity contribution in [3.63, 3.8) is 0 Å². The molecule has 0 bridgehead atoms. The van der Waals surface area contributed by atoms with Crippen molar-refractivity contribution in [3.05, 3.63) is 21.9 Å². The summed E-state index contributed by atoms with van der Waals surface area (Å²) in [5.41, 5.74) is 7.00. The van der Waals surface area contributed by atoms with Crippen LogP contribution in [0.1, 0.15) is 29.2 Å². The molecule has 0 spiro atoms. The van der Waals surface area contributed by atoms with Crippen LogP contribution in [0.4, 0.5) is 0 Å². The number of hydrogen-bond donors (Lipinski definition) is 1. The van der Waals surface area contributed by atoms with E-state index in [4.69, 9.17) is 5.73 Å². The van der Waals surface area contributed by atoms with E-state index < -0.39 is 0 Å². The van der Waals surface area contributed by atoms with Crippen LogP contribution >= 0.6 is 11.3 Å². The monoisotopic (exact) mass is 236 g/mol. The minimum Gasteiger partial charge on any atom is -0.339 e. The van der Waals surface area contributed by atoms with Crippen molar-refractivity contribution in [3.8, 4) is 0 Å². The molecule has 86 valence electrons. The predicted octanol–water partition coefficient (Wildman–Crippen LogP) is 1.34. The van der Waals surface area contributed by atoms with E-state index in [1.807, 2.05) is 4.90 Å². The first-order valence-corrected chi connectivity index (χ1v) is 6.74. The number of nitrogens with zero attached hydrogens (tertiary/aromatic N) is 1. The Morgan fingerprint density at radius 3 is 3.06 bits per heavy atom. The van der Waals surface area contributed by atoms with E-state index in [0.29, 0.717) is 5.91 Å². The molecule has 1 amide bonds. The van der Waals surface area contributed by atoms with Crippen LogP contribution < -0.4 is 5.73 Å². The highest BCUT2D eigenvalue weighted by Crippen LogP contribution is 2.36. The number of amides is 1. The van der Waals surface area contributed by atoms with Crippen LogP contribution in [-0.4, -0.2) is 29.9 Å². The largest absolute Gasteiger partial charge is 0.339 e. The van der Waals surface area contributed by atoms with E-state index in [1.165, 1.54) is 10.4 Å². The fourth-order valence-electron chi connectivity index (χ4n) is 2.66. The lowest BCUT2D eigenvalue weighted by Gasteiger charge is -2.39. The zero-order valence-electron chi connectivity index (χ0n) is 9.19. The molecule has 3 nitrogen and oxygen atoms in total. The summed E-state index contributed by atoms with van der Waals surface area (Å²) in [5.74, 6) is 0.406. The SMILES string of the molecule is NC1CN(C(=O)C2CCCc3sccc32)C1. The third kappa shape index (κ3) is 1.57. The highest BCUT2D eigenvalue weighted by atomic mass is 32.1. The lowest BCUT2D eigenvalue weighted by Crippen LogP contribution is -2.59. The van der Waals surface area contributed by atoms with Crippen LogP contribution in [0.5, 0.6) is 0 Å². The molecule has 1 unspecified atom stereocenters. The average molecular weight is 236 g/mol. The van der Waals surface area contributed by atoms with Crippen LogP contribution in [0.15, 0.2) is 11.4 Å². The van der Waals surface area contributed by atoms with Gasteiger partial charge in [0.15, 0.2) is 0 Å². The standard InChI is InChI=1S/C12H16N2OS/c13-8-6-14(7-8)12(15)10-2-1-3-11-9(10)4-5-16-11/h4-5,8,10H,1-3,6-7,13H2. The maximum atomic E-state index is 12.3. The summed E-state index contributed by atoms with van der Waals surface area (Å²) in [7, 11) is 0. The maximum Gasteiger partial charge on any atom is 0.230 e. The Bertz CT molecular complexity index is 409. The molecule has 1 aromatic heterocycles. The van der Waals surface area contributed by atoms with Gasteiger partial charge in [0, 0.05) is 24.0 Å². The first-order valence-electron chi connectivity index (χ1n) is 5.86. The molecule has 1 aliphatic heterocycles. The van der Waals surface area contributed by atoms with Crippen molar-refractivity contribution in [1.29, 1.82) is 0 Å². The minimum absolute atomic E-state index is 0.113. The van der Waals surface area contributed by atoms with Crippen LogP contribution in [0.3, 0.4) is 0 Å². The van der Waals surface area contributed by atoms with Crippen LogP contribution in [0.25, 0.3) is 0 Å². The highest BCUT2D eigenvalue weighted by Gasteiger charge is 2.35. The van der Waals surface area contributed by atoms with Crippen LogP contribution in [0.2, 0.25) is 0 Å². The smallest absolute Gasteiger partial charge is 0.230 e. The van der Waals surface area contributed by atoms with E-state index in [9.17, 15) is 4.79 Å². The molecule has 1 aromatic rings. The highest BCUT2D eigenvalue weighted by molar-refractivity contribution is 7.10. The Morgan fingerprint density at radius 1 is 1.50 bits per heavy atom. The van der Waals surface area contributed by atoms with Gasteiger partial charge >= 0.3 is 0 Å². The molecule has 0 saturated carbocycles. The van der Waals surface area contributed by atoms with Gasteiger partial charge in [-0.1, -0.05) is 0 Å². The molecule has 1 fully saturated rings. The molecule has 1 atom stereocenters. The van der Waals surface area contributed by atoms with Crippen molar-refractivity contribution in [1.82, 2.24) is 4.90 Å². The number of thiophene rings is 1. The number of carbonyl (C=O) groups excluding carboxylic acids is 1. The number of aryl methyl sites for hydroxylation is 1. The van der Waals surface area contributed by atoms with E-state index in [2.05, 4.69) is 11.4 Å². The first-order chi connectivity index (χ1) is 7.75. The van der Waals surface area contributed by atoms with Crippen LogP contribution in [-0.2, 0) is 11.2 Å². The molecular formula is C12H16N2OS. The van der Waals surface area contributed by atoms with Crippen molar-refractivity contribution < 1.29 is 4.79 Å². The number of likely N-dealkylation sites (tertiary alicyclic amines) is 1. The van der Waals surface area contributed by atoms with Gasteiger partial charge in [0.05, 0.1) is 5.92 Å². The zero-order valence-corrected chi connectivity index (χ0v) is 10.0. The number of nitrogens with two attached hydrogens (primary N) is 1. The molecule has 0 aromatic carbocycles. The number of carbonyl (C=O) groups is 1. The third-order valence-corrected chi connectivity index (χ3v) is 4.57. The summed E-state index contributed by atoms with van der Waals surface area (Å²) < 4.78 is 0. The second-order valence-corrected chi connectivity index (χ2v) is 5.75. The Morgan fingerprint density at radius 2 is 2.31 bits per heavy atom. The van der Waals surface area contributed by atoms with Gasteiger partial charge in [-0.25, -0.2) is 0 Å². The number of hydrogen-bond acceptors (Lipinski definition) is 3. The molecular weight excluding hydrogens is 220 g/mol. The van der Waals surface area contributed by atoms with E-state index >= 15 is 0 Å². The lowest BCUT2D eigenvalue weighted by atomic mass is 9.86. The quantitative estimate of drug-likeness (QED) is 0.799. The molecule has 16 heavy (non-hydrogen) atoms. The maximum absolute atomic E-state index is 12.3. The number of rotatable bonds is 1. The van der Waals surface area contributed by atoms with Crippen molar-refractivity contribution in [2.75, 3.05) is 13.1 Å².